The zero-order chi connectivity index (χ0) is 16.4. The summed E-state index contributed by atoms with van der Waals surface area (Å²) >= 11 is 0. The zero-order valence-electron chi connectivity index (χ0n) is 12.6. The van der Waals surface area contributed by atoms with Crippen molar-refractivity contribution in [2.75, 3.05) is 11.5 Å². The molecule has 0 bridgehead atoms. The monoisotopic (exact) mass is 312 g/mol. The van der Waals surface area contributed by atoms with Gasteiger partial charge in [-0.25, -0.2) is 0 Å². The Balaban J connectivity index is 1.71. The van der Waals surface area contributed by atoms with Crippen molar-refractivity contribution in [2.45, 2.75) is 19.4 Å². The van der Waals surface area contributed by atoms with Gasteiger partial charge in [0, 0.05) is 17.8 Å². The lowest BCUT2D eigenvalue weighted by molar-refractivity contribution is -0.384. The quantitative estimate of drug-likeness (QED) is 0.642. The number of ether oxygens (including phenoxy) is 1. The van der Waals surface area contributed by atoms with Crippen LogP contribution in [0.25, 0.3) is 0 Å². The number of carbonyl (C=O) groups is 1. The SMILES string of the molecule is C[C@@H]1Cc2ccccc2N1C(=O)COc1cccc([N+](=O)[O-])c1. The largest absolute Gasteiger partial charge is 0.483 e. The number of hydrogen-bond acceptors (Lipinski definition) is 4. The molecule has 2 aromatic rings. The summed E-state index contributed by atoms with van der Waals surface area (Å²) in [6.45, 7) is 1.84. The summed E-state index contributed by atoms with van der Waals surface area (Å²) in [5.41, 5.74) is 1.99. The molecule has 1 aliphatic rings. The highest BCUT2D eigenvalue weighted by Crippen LogP contribution is 2.31. The molecule has 2 aromatic carbocycles. The molecule has 0 aromatic heterocycles. The van der Waals surface area contributed by atoms with Crippen LogP contribution in [0.2, 0.25) is 0 Å². The number of non-ortho nitro benzene ring substituents is 1. The van der Waals surface area contributed by atoms with Crippen LogP contribution in [0.1, 0.15) is 12.5 Å². The third-order valence-electron chi connectivity index (χ3n) is 3.87. The number of fused-ring (bicyclic) bond motifs is 1. The van der Waals surface area contributed by atoms with Crippen LogP contribution in [-0.4, -0.2) is 23.5 Å². The minimum atomic E-state index is -0.493. The second-order valence-corrected chi connectivity index (χ2v) is 5.49. The summed E-state index contributed by atoms with van der Waals surface area (Å²) in [4.78, 5) is 24.5. The third kappa shape index (κ3) is 3.01. The van der Waals surface area contributed by atoms with Gasteiger partial charge in [0.1, 0.15) is 5.75 Å². The highest BCUT2D eigenvalue weighted by atomic mass is 16.6. The van der Waals surface area contributed by atoms with Crippen molar-refractivity contribution in [2.24, 2.45) is 0 Å². The van der Waals surface area contributed by atoms with Gasteiger partial charge in [-0.3, -0.25) is 14.9 Å². The van der Waals surface area contributed by atoms with Gasteiger partial charge in [0.15, 0.2) is 6.61 Å². The van der Waals surface area contributed by atoms with Crippen LogP contribution in [0.5, 0.6) is 5.75 Å². The number of hydrogen-bond donors (Lipinski definition) is 0. The first kappa shape index (κ1) is 15.0. The summed E-state index contributed by atoms with van der Waals surface area (Å²) in [7, 11) is 0. The minimum Gasteiger partial charge on any atom is -0.483 e. The van der Waals surface area contributed by atoms with Gasteiger partial charge < -0.3 is 9.64 Å². The average Bonchev–Trinajstić information content (AvgIpc) is 2.88. The van der Waals surface area contributed by atoms with E-state index in [4.69, 9.17) is 4.74 Å². The molecule has 0 fully saturated rings. The number of carbonyl (C=O) groups excluding carboxylic acids is 1. The molecule has 0 N–H and O–H groups in total. The Morgan fingerprint density at radius 3 is 2.87 bits per heavy atom. The molecular formula is C17H16N2O4. The lowest BCUT2D eigenvalue weighted by atomic mass is 10.1. The van der Waals surface area contributed by atoms with Gasteiger partial charge in [-0.2, -0.15) is 0 Å². The predicted octanol–water partition coefficient (Wildman–Crippen LogP) is 2.95. The van der Waals surface area contributed by atoms with Crippen LogP contribution in [-0.2, 0) is 11.2 Å². The number of nitrogens with zero attached hydrogens (tertiary/aromatic N) is 2. The third-order valence-corrected chi connectivity index (χ3v) is 3.87. The van der Waals surface area contributed by atoms with E-state index in [0.29, 0.717) is 5.75 Å². The second-order valence-electron chi connectivity index (χ2n) is 5.49. The van der Waals surface area contributed by atoms with E-state index in [0.717, 1.165) is 17.7 Å². The van der Waals surface area contributed by atoms with E-state index in [1.807, 2.05) is 31.2 Å². The summed E-state index contributed by atoms with van der Waals surface area (Å²) in [5, 5.41) is 10.8. The van der Waals surface area contributed by atoms with E-state index in [1.54, 1.807) is 11.0 Å². The number of amides is 1. The Bertz CT molecular complexity index is 760. The molecule has 0 aliphatic carbocycles. The van der Waals surface area contributed by atoms with E-state index in [9.17, 15) is 14.9 Å². The van der Waals surface area contributed by atoms with Crippen LogP contribution in [0.4, 0.5) is 11.4 Å². The van der Waals surface area contributed by atoms with E-state index >= 15 is 0 Å². The summed E-state index contributed by atoms with van der Waals surface area (Å²) < 4.78 is 5.44. The molecule has 0 saturated heterocycles. The van der Waals surface area contributed by atoms with Gasteiger partial charge in [-0.1, -0.05) is 24.3 Å². The van der Waals surface area contributed by atoms with Crippen molar-refractivity contribution < 1.29 is 14.5 Å². The maximum Gasteiger partial charge on any atom is 0.273 e. The molecule has 0 unspecified atom stereocenters. The van der Waals surface area contributed by atoms with Gasteiger partial charge in [-0.05, 0) is 31.0 Å². The van der Waals surface area contributed by atoms with Crippen molar-refractivity contribution in [3.05, 3.63) is 64.2 Å². The van der Waals surface area contributed by atoms with Gasteiger partial charge in [-0.15, -0.1) is 0 Å². The van der Waals surface area contributed by atoms with Crippen molar-refractivity contribution in [1.82, 2.24) is 0 Å². The topological polar surface area (TPSA) is 72.7 Å². The van der Waals surface area contributed by atoms with E-state index in [-0.39, 0.29) is 24.2 Å². The Morgan fingerprint density at radius 2 is 2.09 bits per heavy atom. The fourth-order valence-corrected chi connectivity index (χ4v) is 2.85. The van der Waals surface area contributed by atoms with Crippen LogP contribution >= 0.6 is 0 Å². The fourth-order valence-electron chi connectivity index (χ4n) is 2.85. The molecule has 0 spiro atoms. The number of para-hydroxylation sites is 1. The second kappa shape index (κ2) is 6.08. The van der Waals surface area contributed by atoms with Crippen LogP contribution in [0.15, 0.2) is 48.5 Å². The molecule has 1 heterocycles. The van der Waals surface area contributed by atoms with Gasteiger partial charge in [0.2, 0.25) is 0 Å². The Kier molecular flexibility index (Phi) is 3.97. The fraction of sp³-hybridized carbons (Fsp3) is 0.235. The van der Waals surface area contributed by atoms with Gasteiger partial charge >= 0.3 is 0 Å². The van der Waals surface area contributed by atoms with Gasteiger partial charge in [0.25, 0.3) is 11.6 Å². The van der Waals surface area contributed by atoms with E-state index in [2.05, 4.69) is 0 Å². The summed E-state index contributed by atoms with van der Waals surface area (Å²) in [5.74, 6) is 0.154. The molecule has 118 valence electrons. The zero-order valence-corrected chi connectivity index (χ0v) is 12.6. The molecule has 6 nitrogen and oxygen atoms in total. The molecule has 23 heavy (non-hydrogen) atoms. The molecule has 3 rings (SSSR count). The van der Waals surface area contributed by atoms with Crippen LogP contribution in [0, 0.1) is 10.1 Å². The lowest BCUT2D eigenvalue weighted by Crippen LogP contribution is -2.39. The minimum absolute atomic E-state index is 0.0603. The van der Waals surface area contributed by atoms with Crippen molar-refractivity contribution in [3.63, 3.8) is 0 Å². The Labute approximate surface area is 133 Å². The molecule has 0 saturated carbocycles. The molecule has 1 atom stereocenters. The summed E-state index contributed by atoms with van der Waals surface area (Å²) in [6, 6.07) is 13.7. The van der Waals surface area contributed by atoms with Gasteiger partial charge in [0.05, 0.1) is 11.0 Å². The van der Waals surface area contributed by atoms with Crippen LogP contribution < -0.4 is 9.64 Å². The molecule has 6 heteroatoms. The maximum absolute atomic E-state index is 12.5. The normalized spacial score (nSPS) is 16.0. The lowest BCUT2D eigenvalue weighted by Gasteiger charge is -2.22. The Hall–Kier alpha value is -2.89. The maximum atomic E-state index is 12.5. The van der Waals surface area contributed by atoms with Crippen molar-refractivity contribution in [1.29, 1.82) is 0 Å². The number of rotatable bonds is 4. The molecule has 1 amide bonds. The van der Waals surface area contributed by atoms with Crippen molar-refractivity contribution in [3.8, 4) is 5.75 Å². The van der Waals surface area contributed by atoms with E-state index < -0.39 is 4.92 Å². The first-order chi connectivity index (χ1) is 11.1. The highest BCUT2D eigenvalue weighted by molar-refractivity contribution is 5.97. The molecule has 0 radical (unpaired) electrons. The van der Waals surface area contributed by atoms with Crippen LogP contribution in [0.3, 0.4) is 0 Å². The number of anilines is 1. The number of nitro benzene ring substituents is 1. The molecular weight excluding hydrogens is 296 g/mol. The van der Waals surface area contributed by atoms with E-state index in [1.165, 1.54) is 18.2 Å². The highest BCUT2D eigenvalue weighted by Gasteiger charge is 2.30. The standard InChI is InChI=1S/C17H16N2O4/c1-12-9-13-5-2-3-8-16(13)18(12)17(20)11-23-15-7-4-6-14(10-15)19(21)22/h2-8,10,12H,9,11H2,1H3/t12-/m1/s1. The number of benzene rings is 2. The first-order valence-electron chi connectivity index (χ1n) is 7.33. The Morgan fingerprint density at radius 1 is 1.30 bits per heavy atom. The molecule has 1 aliphatic heterocycles. The first-order valence-corrected chi connectivity index (χ1v) is 7.33. The summed E-state index contributed by atoms with van der Waals surface area (Å²) in [6.07, 6.45) is 0.818. The van der Waals surface area contributed by atoms with Crippen molar-refractivity contribution >= 4 is 17.3 Å². The average molecular weight is 312 g/mol. The predicted molar refractivity (Wildman–Crippen MR) is 85.7 cm³/mol. The number of nitro groups is 1. The smallest absolute Gasteiger partial charge is 0.273 e.